The van der Waals surface area contributed by atoms with Gasteiger partial charge in [-0.2, -0.15) is 0 Å². The maximum Gasteiger partial charge on any atom is 0.0399 e. The van der Waals surface area contributed by atoms with Crippen LogP contribution in [0.4, 0.5) is 0 Å². The van der Waals surface area contributed by atoms with E-state index in [1.807, 2.05) is 0 Å². The van der Waals surface area contributed by atoms with E-state index < -0.39 is 0 Å². The van der Waals surface area contributed by atoms with Crippen LogP contribution < -0.4 is 5.32 Å². The molecule has 2 heteroatoms. The minimum Gasteiger partial charge on any atom is -0.305 e. The molecule has 21 heavy (non-hydrogen) atoms. The zero-order valence-corrected chi connectivity index (χ0v) is 15.0. The molecule has 0 aliphatic heterocycles. The Labute approximate surface area is 141 Å². The predicted molar refractivity (Wildman–Crippen MR) is 97.7 cm³/mol. The smallest absolute Gasteiger partial charge is 0.0399 e. The van der Waals surface area contributed by atoms with Crippen molar-refractivity contribution in [2.24, 2.45) is 0 Å². The SMILES string of the molecule is CC(C)(C)N[C@@H]1c2ccc(I)cc2C[C@H]1c1ccccc1. The minimum absolute atomic E-state index is 0.113. The fraction of sp³-hybridized carbons (Fsp3) is 0.368. The summed E-state index contributed by atoms with van der Waals surface area (Å²) in [5.74, 6) is 0.527. The number of nitrogens with one attached hydrogen (secondary N) is 1. The fourth-order valence-electron chi connectivity index (χ4n) is 3.28. The first kappa shape index (κ1) is 15.0. The van der Waals surface area contributed by atoms with Gasteiger partial charge in [0, 0.05) is 21.1 Å². The van der Waals surface area contributed by atoms with E-state index in [9.17, 15) is 0 Å². The first-order chi connectivity index (χ1) is 9.94. The molecule has 0 spiro atoms. The zero-order valence-electron chi connectivity index (χ0n) is 12.9. The van der Waals surface area contributed by atoms with Gasteiger partial charge in [0.25, 0.3) is 0 Å². The number of hydrogen-bond acceptors (Lipinski definition) is 1. The van der Waals surface area contributed by atoms with Crippen LogP contribution in [0.25, 0.3) is 0 Å². The predicted octanol–water partition coefficient (Wildman–Crippen LogP) is 5.06. The van der Waals surface area contributed by atoms with Crippen LogP contribution in [-0.2, 0) is 6.42 Å². The van der Waals surface area contributed by atoms with Gasteiger partial charge in [-0.15, -0.1) is 0 Å². The molecule has 0 bridgehead atoms. The van der Waals surface area contributed by atoms with Gasteiger partial charge < -0.3 is 5.32 Å². The largest absolute Gasteiger partial charge is 0.305 e. The summed E-state index contributed by atoms with van der Waals surface area (Å²) in [6.07, 6.45) is 1.13. The molecule has 1 N–H and O–H groups in total. The van der Waals surface area contributed by atoms with Crippen LogP contribution in [0.2, 0.25) is 0 Å². The van der Waals surface area contributed by atoms with Gasteiger partial charge in [-0.25, -0.2) is 0 Å². The average molecular weight is 391 g/mol. The average Bonchev–Trinajstić information content (AvgIpc) is 2.76. The van der Waals surface area contributed by atoms with Gasteiger partial charge in [0.05, 0.1) is 0 Å². The second-order valence-corrected chi connectivity index (χ2v) is 8.18. The summed E-state index contributed by atoms with van der Waals surface area (Å²) >= 11 is 2.41. The third-order valence-electron chi connectivity index (χ3n) is 4.10. The highest BCUT2D eigenvalue weighted by molar-refractivity contribution is 14.1. The molecule has 110 valence electrons. The highest BCUT2D eigenvalue weighted by atomic mass is 127. The van der Waals surface area contributed by atoms with Crippen molar-refractivity contribution < 1.29 is 0 Å². The second kappa shape index (κ2) is 5.73. The van der Waals surface area contributed by atoms with Gasteiger partial charge in [0.2, 0.25) is 0 Å². The highest BCUT2D eigenvalue weighted by Crippen LogP contribution is 2.43. The lowest BCUT2D eigenvalue weighted by Crippen LogP contribution is -2.40. The van der Waals surface area contributed by atoms with E-state index >= 15 is 0 Å². The van der Waals surface area contributed by atoms with Gasteiger partial charge in [-0.05, 0) is 78.6 Å². The molecule has 1 aliphatic rings. The topological polar surface area (TPSA) is 12.0 Å². The quantitative estimate of drug-likeness (QED) is 0.706. The van der Waals surface area contributed by atoms with E-state index in [4.69, 9.17) is 0 Å². The summed E-state index contributed by atoms with van der Waals surface area (Å²) < 4.78 is 1.33. The van der Waals surface area contributed by atoms with E-state index in [2.05, 4.69) is 97.2 Å². The van der Waals surface area contributed by atoms with Crippen LogP contribution in [0.15, 0.2) is 48.5 Å². The molecule has 2 aromatic rings. The van der Waals surface area contributed by atoms with Crippen LogP contribution in [-0.4, -0.2) is 5.54 Å². The van der Waals surface area contributed by atoms with Gasteiger partial charge in [-0.3, -0.25) is 0 Å². The first-order valence-corrected chi connectivity index (χ1v) is 8.63. The molecule has 1 aliphatic carbocycles. The maximum absolute atomic E-state index is 3.84. The summed E-state index contributed by atoms with van der Waals surface area (Å²) in [4.78, 5) is 0. The summed E-state index contributed by atoms with van der Waals surface area (Å²) in [6.45, 7) is 6.75. The molecule has 0 radical (unpaired) electrons. The Morgan fingerprint density at radius 2 is 1.76 bits per heavy atom. The van der Waals surface area contributed by atoms with Crippen LogP contribution in [0.1, 0.15) is 49.4 Å². The molecule has 0 heterocycles. The summed E-state index contributed by atoms with van der Waals surface area (Å²) in [6, 6.07) is 18.2. The Morgan fingerprint density at radius 1 is 1.05 bits per heavy atom. The molecular formula is C19H22IN. The van der Waals surface area contributed by atoms with Crippen molar-refractivity contribution in [1.82, 2.24) is 5.32 Å². The van der Waals surface area contributed by atoms with Crippen molar-refractivity contribution >= 4 is 22.6 Å². The van der Waals surface area contributed by atoms with Gasteiger partial charge in [-0.1, -0.05) is 36.4 Å². The number of halogens is 1. The molecule has 3 rings (SSSR count). The number of hydrogen-bond donors (Lipinski definition) is 1. The highest BCUT2D eigenvalue weighted by Gasteiger charge is 2.35. The van der Waals surface area contributed by atoms with Crippen LogP contribution in [0.5, 0.6) is 0 Å². The normalized spacial score (nSPS) is 21.3. The molecule has 2 atom stereocenters. The van der Waals surface area contributed by atoms with Crippen molar-refractivity contribution in [3.05, 3.63) is 68.8 Å². The molecule has 0 saturated heterocycles. The van der Waals surface area contributed by atoms with E-state index in [1.165, 1.54) is 20.3 Å². The van der Waals surface area contributed by atoms with E-state index in [1.54, 1.807) is 0 Å². The fourth-order valence-corrected chi connectivity index (χ4v) is 3.84. The molecule has 0 aromatic heterocycles. The lowest BCUT2D eigenvalue weighted by molar-refractivity contribution is 0.340. The maximum atomic E-state index is 3.84. The minimum atomic E-state index is 0.113. The van der Waals surface area contributed by atoms with E-state index in [-0.39, 0.29) is 5.54 Å². The molecule has 1 nitrogen and oxygen atoms in total. The third-order valence-corrected chi connectivity index (χ3v) is 4.77. The van der Waals surface area contributed by atoms with Crippen LogP contribution >= 0.6 is 22.6 Å². The van der Waals surface area contributed by atoms with Crippen LogP contribution in [0, 0.1) is 3.57 Å². The Bertz CT molecular complexity index is 628. The summed E-state index contributed by atoms with van der Waals surface area (Å²) in [5, 5.41) is 3.84. The monoisotopic (exact) mass is 391 g/mol. The number of benzene rings is 2. The van der Waals surface area contributed by atoms with Crippen molar-refractivity contribution in [2.75, 3.05) is 0 Å². The Morgan fingerprint density at radius 3 is 2.43 bits per heavy atom. The molecule has 2 aromatic carbocycles. The van der Waals surface area contributed by atoms with Gasteiger partial charge in [0.1, 0.15) is 0 Å². The van der Waals surface area contributed by atoms with Gasteiger partial charge in [0.15, 0.2) is 0 Å². The Hall–Kier alpha value is -0.870. The molecule has 0 saturated carbocycles. The second-order valence-electron chi connectivity index (χ2n) is 6.94. The lowest BCUT2D eigenvalue weighted by atomic mass is 9.90. The Kier molecular flexibility index (Phi) is 4.10. The molecule has 0 amide bonds. The van der Waals surface area contributed by atoms with Crippen molar-refractivity contribution in [3.63, 3.8) is 0 Å². The van der Waals surface area contributed by atoms with E-state index in [0.29, 0.717) is 12.0 Å². The summed E-state index contributed by atoms with van der Waals surface area (Å²) in [7, 11) is 0. The summed E-state index contributed by atoms with van der Waals surface area (Å²) in [5.41, 5.74) is 4.52. The zero-order chi connectivity index (χ0) is 15.0. The Balaban J connectivity index is 2.01. The lowest BCUT2D eigenvalue weighted by Gasteiger charge is -2.31. The first-order valence-electron chi connectivity index (χ1n) is 7.55. The standard InChI is InChI=1S/C19H22IN/c1-19(2,3)21-18-16-10-9-15(20)11-14(16)12-17(18)13-7-5-4-6-8-13/h4-11,17-18,21H,12H2,1-3H3/t17-,18+/m0/s1. The van der Waals surface area contributed by atoms with Crippen molar-refractivity contribution in [2.45, 2.75) is 44.7 Å². The van der Waals surface area contributed by atoms with E-state index in [0.717, 1.165) is 6.42 Å². The number of rotatable bonds is 2. The number of fused-ring (bicyclic) bond motifs is 1. The van der Waals surface area contributed by atoms with Crippen molar-refractivity contribution in [1.29, 1.82) is 0 Å². The molecule has 0 fully saturated rings. The van der Waals surface area contributed by atoms with Crippen LogP contribution in [0.3, 0.4) is 0 Å². The third kappa shape index (κ3) is 3.32. The molecule has 0 unspecified atom stereocenters. The van der Waals surface area contributed by atoms with Crippen molar-refractivity contribution in [3.8, 4) is 0 Å². The van der Waals surface area contributed by atoms with Gasteiger partial charge >= 0.3 is 0 Å². The molecular weight excluding hydrogens is 369 g/mol.